The smallest absolute Gasteiger partial charge is 0.302 e. The minimum Gasteiger partial charge on any atom is -0.466 e. The molecule has 0 aliphatic rings. The molecule has 0 aromatic rings. The summed E-state index contributed by atoms with van der Waals surface area (Å²) in [7, 11) is 0. The topological polar surface area (TPSA) is 52.6 Å². The van der Waals surface area contributed by atoms with Crippen LogP contribution in [0.3, 0.4) is 0 Å². The molecule has 0 fully saturated rings. The van der Waals surface area contributed by atoms with Gasteiger partial charge in [0.15, 0.2) is 0 Å². The Kier molecular flexibility index (Phi) is 7.41. The summed E-state index contributed by atoms with van der Waals surface area (Å²) >= 11 is 0. The number of hydrogen-bond donors (Lipinski definition) is 0. The van der Waals surface area contributed by atoms with Crippen molar-refractivity contribution in [2.24, 2.45) is 0 Å². The van der Waals surface area contributed by atoms with Gasteiger partial charge in [0.25, 0.3) is 0 Å². The van der Waals surface area contributed by atoms with E-state index >= 15 is 0 Å². The summed E-state index contributed by atoms with van der Waals surface area (Å²) in [5.41, 5.74) is 0. The predicted octanol–water partition coefficient (Wildman–Crippen LogP) is 2.31. The van der Waals surface area contributed by atoms with Crippen molar-refractivity contribution >= 4 is 11.9 Å². The van der Waals surface area contributed by atoms with Crippen molar-refractivity contribution in [1.82, 2.24) is 0 Å². The van der Waals surface area contributed by atoms with Crippen LogP contribution < -0.4 is 0 Å². The Labute approximate surface area is 99.3 Å². The van der Waals surface area contributed by atoms with E-state index in [0.29, 0.717) is 0 Å². The van der Waals surface area contributed by atoms with Crippen LogP contribution in [-0.4, -0.2) is 31.1 Å². The molecule has 0 spiro atoms. The molecule has 0 aromatic heterocycles. The molecule has 0 aliphatic carbocycles. The molecule has 0 amide bonds. The van der Waals surface area contributed by atoms with Crippen molar-refractivity contribution in [3.05, 3.63) is 0 Å². The molecule has 0 saturated heterocycles. The number of alkyl halides is 2. The summed E-state index contributed by atoms with van der Waals surface area (Å²) in [5, 5.41) is 0. The number of carbonyl (C=O) groups is 2. The quantitative estimate of drug-likeness (QED) is 0.491. The number of rotatable bonds is 8. The first-order valence-electron chi connectivity index (χ1n) is 5.48. The second-order valence-corrected chi connectivity index (χ2v) is 3.74. The Bertz CT molecular complexity index is 230. The average Bonchev–Trinajstić information content (AvgIpc) is 2.19. The zero-order chi connectivity index (χ0) is 13.3. The maximum absolute atomic E-state index is 13.2. The van der Waals surface area contributed by atoms with Crippen LogP contribution in [0.15, 0.2) is 0 Å². The molecule has 0 N–H and O–H groups in total. The zero-order valence-corrected chi connectivity index (χ0v) is 10.1. The van der Waals surface area contributed by atoms with Crippen molar-refractivity contribution in [2.45, 2.75) is 45.5 Å². The van der Waals surface area contributed by atoms with Gasteiger partial charge in [0.05, 0.1) is 13.2 Å². The fraction of sp³-hybridized carbons (Fsp3) is 0.818. The zero-order valence-electron chi connectivity index (χ0n) is 10.1. The summed E-state index contributed by atoms with van der Waals surface area (Å²) < 4.78 is 35.5. The first-order valence-corrected chi connectivity index (χ1v) is 5.48. The normalized spacial score (nSPS) is 11.1. The first-order chi connectivity index (χ1) is 7.83. The molecule has 6 heteroatoms. The van der Waals surface area contributed by atoms with Crippen molar-refractivity contribution in [3.8, 4) is 0 Å². The molecule has 0 saturated carbocycles. The average molecular weight is 252 g/mol. The van der Waals surface area contributed by atoms with Crippen LogP contribution in [0.25, 0.3) is 0 Å². The molecule has 0 heterocycles. The van der Waals surface area contributed by atoms with Gasteiger partial charge < -0.3 is 9.47 Å². The third-order valence-electron chi connectivity index (χ3n) is 1.98. The highest BCUT2D eigenvalue weighted by Gasteiger charge is 2.27. The Hall–Kier alpha value is -1.20. The second-order valence-electron chi connectivity index (χ2n) is 3.74. The van der Waals surface area contributed by atoms with E-state index < -0.39 is 17.9 Å². The molecular formula is C11H18F2O4. The largest absolute Gasteiger partial charge is 0.466 e. The van der Waals surface area contributed by atoms with Crippen LogP contribution in [0.4, 0.5) is 8.78 Å². The lowest BCUT2D eigenvalue weighted by Crippen LogP contribution is -2.18. The van der Waals surface area contributed by atoms with E-state index in [2.05, 4.69) is 9.47 Å². The van der Waals surface area contributed by atoms with Gasteiger partial charge in [0, 0.05) is 26.7 Å². The third-order valence-corrected chi connectivity index (χ3v) is 1.98. The molecule has 0 unspecified atom stereocenters. The monoisotopic (exact) mass is 252 g/mol. The van der Waals surface area contributed by atoms with Crippen LogP contribution in [0.1, 0.15) is 39.5 Å². The van der Waals surface area contributed by atoms with Gasteiger partial charge in [-0.15, -0.1) is 0 Å². The summed E-state index contributed by atoms with van der Waals surface area (Å²) in [6.07, 6.45) is -0.416. The van der Waals surface area contributed by atoms with Crippen LogP contribution in [0.2, 0.25) is 0 Å². The van der Waals surface area contributed by atoms with Crippen molar-refractivity contribution in [3.63, 3.8) is 0 Å². The molecule has 0 bridgehead atoms. The highest BCUT2D eigenvalue weighted by atomic mass is 19.3. The van der Waals surface area contributed by atoms with Crippen LogP contribution in [-0.2, 0) is 19.1 Å². The van der Waals surface area contributed by atoms with E-state index in [4.69, 9.17) is 0 Å². The van der Waals surface area contributed by atoms with Crippen LogP contribution in [0, 0.1) is 0 Å². The number of carbonyl (C=O) groups excluding carboxylic acids is 2. The minimum atomic E-state index is -2.81. The van der Waals surface area contributed by atoms with E-state index in [1.54, 1.807) is 0 Å². The van der Waals surface area contributed by atoms with E-state index in [9.17, 15) is 18.4 Å². The summed E-state index contributed by atoms with van der Waals surface area (Å²) in [4.78, 5) is 20.8. The fourth-order valence-corrected chi connectivity index (χ4v) is 1.22. The van der Waals surface area contributed by atoms with Gasteiger partial charge in [0.2, 0.25) is 5.92 Å². The van der Waals surface area contributed by atoms with Gasteiger partial charge in [-0.1, -0.05) is 0 Å². The van der Waals surface area contributed by atoms with Crippen molar-refractivity contribution < 1.29 is 27.8 Å². The van der Waals surface area contributed by atoms with Crippen molar-refractivity contribution in [2.75, 3.05) is 13.2 Å². The van der Waals surface area contributed by atoms with Gasteiger partial charge in [-0.05, 0) is 12.8 Å². The number of hydrogen-bond acceptors (Lipinski definition) is 4. The second kappa shape index (κ2) is 7.97. The highest BCUT2D eigenvalue weighted by molar-refractivity contribution is 5.66. The van der Waals surface area contributed by atoms with Gasteiger partial charge in [-0.3, -0.25) is 9.59 Å². The molecule has 0 aliphatic heterocycles. The fourth-order valence-electron chi connectivity index (χ4n) is 1.22. The Morgan fingerprint density at radius 2 is 1.29 bits per heavy atom. The SMILES string of the molecule is CC(=O)OCCCC(F)(F)CCCOC(C)=O. The molecule has 100 valence electrons. The Morgan fingerprint density at radius 3 is 1.59 bits per heavy atom. The Morgan fingerprint density at radius 1 is 0.941 bits per heavy atom. The minimum absolute atomic E-state index is 0.00880. The molecule has 0 rings (SSSR count). The van der Waals surface area contributed by atoms with E-state index in [0.717, 1.165) is 0 Å². The van der Waals surface area contributed by atoms with E-state index in [1.807, 2.05) is 0 Å². The molecule has 4 nitrogen and oxygen atoms in total. The molecule has 17 heavy (non-hydrogen) atoms. The third kappa shape index (κ3) is 11.1. The maximum atomic E-state index is 13.2. The highest BCUT2D eigenvalue weighted by Crippen LogP contribution is 2.26. The first kappa shape index (κ1) is 15.8. The summed E-state index contributed by atoms with van der Waals surface area (Å²) in [6, 6.07) is 0. The van der Waals surface area contributed by atoms with Crippen LogP contribution >= 0.6 is 0 Å². The lowest BCUT2D eigenvalue weighted by atomic mass is 10.1. The number of halogens is 2. The number of ether oxygens (including phenoxy) is 2. The van der Waals surface area contributed by atoms with Crippen LogP contribution in [0.5, 0.6) is 0 Å². The van der Waals surface area contributed by atoms with E-state index in [-0.39, 0.29) is 38.9 Å². The Balaban J connectivity index is 3.57. The van der Waals surface area contributed by atoms with Gasteiger partial charge in [-0.2, -0.15) is 0 Å². The van der Waals surface area contributed by atoms with Crippen molar-refractivity contribution in [1.29, 1.82) is 0 Å². The summed E-state index contributed by atoms with van der Waals surface area (Å²) in [6.45, 7) is 2.48. The van der Waals surface area contributed by atoms with Gasteiger partial charge in [0.1, 0.15) is 0 Å². The lowest BCUT2D eigenvalue weighted by Gasteiger charge is -2.15. The van der Waals surface area contributed by atoms with Gasteiger partial charge in [-0.25, -0.2) is 8.78 Å². The number of esters is 2. The standard InChI is InChI=1S/C11H18F2O4/c1-9(14)16-7-3-5-11(12,13)6-4-8-17-10(2)15/h3-8H2,1-2H3. The predicted molar refractivity (Wildman–Crippen MR) is 56.7 cm³/mol. The molecule has 0 atom stereocenters. The molecule has 0 radical (unpaired) electrons. The van der Waals surface area contributed by atoms with Gasteiger partial charge >= 0.3 is 11.9 Å². The van der Waals surface area contributed by atoms with E-state index in [1.165, 1.54) is 13.8 Å². The molecular weight excluding hydrogens is 234 g/mol. The molecule has 0 aromatic carbocycles. The lowest BCUT2D eigenvalue weighted by molar-refractivity contribution is -0.141. The maximum Gasteiger partial charge on any atom is 0.302 e. The summed E-state index contributed by atoms with van der Waals surface area (Å²) in [5.74, 6) is -3.74.